The predicted octanol–water partition coefficient (Wildman–Crippen LogP) is 4.69. The molecule has 0 spiro atoms. The number of carbonyl (C=O) groups is 3. The molecule has 0 heterocycles. The maximum Gasteiger partial charge on any atom is 0.417 e. The van der Waals surface area contributed by atoms with Crippen molar-refractivity contribution >= 4 is 41.3 Å². The third kappa shape index (κ3) is 6.31. The number of carbonyl (C=O) groups excluding carboxylic acids is 2. The zero-order chi connectivity index (χ0) is 25.6. The molecule has 0 bridgehead atoms. The van der Waals surface area contributed by atoms with Gasteiger partial charge in [-0.1, -0.05) is 23.7 Å². The molecule has 34 heavy (non-hydrogen) atoms. The van der Waals surface area contributed by atoms with E-state index in [-0.39, 0.29) is 25.1 Å². The maximum atomic E-state index is 14.6. The average Bonchev–Trinajstić information content (AvgIpc) is 2.75. The fourth-order valence-corrected chi connectivity index (χ4v) is 3.42. The molecule has 0 aliphatic carbocycles. The summed E-state index contributed by atoms with van der Waals surface area (Å²) in [4.78, 5) is 35.8. The Kier molecular flexibility index (Phi) is 8.74. The van der Waals surface area contributed by atoms with Gasteiger partial charge in [-0.3, -0.25) is 15.0 Å². The molecule has 0 saturated heterocycles. The van der Waals surface area contributed by atoms with Crippen LogP contribution in [0.5, 0.6) is 0 Å². The Morgan fingerprint density at radius 2 is 1.85 bits per heavy atom. The fraction of sp³-hybridized carbons (Fsp3) is 0.273. The van der Waals surface area contributed by atoms with Crippen LogP contribution in [0.25, 0.3) is 0 Å². The topological polar surface area (TPSA) is 111 Å². The summed E-state index contributed by atoms with van der Waals surface area (Å²) in [6.45, 7) is -0.0475. The third-order valence-corrected chi connectivity index (χ3v) is 5.28. The van der Waals surface area contributed by atoms with Gasteiger partial charge in [0.05, 0.1) is 33.3 Å². The second-order valence-corrected chi connectivity index (χ2v) is 7.68. The van der Waals surface area contributed by atoms with Gasteiger partial charge < -0.3 is 20.1 Å². The number of hydrogen-bond donors (Lipinski definition) is 3. The van der Waals surface area contributed by atoms with E-state index in [4.69, 9.17) is 22.1 Å². The molecule has 182 valence electrons. The molecule has 2 rings (SSSR count). The van der Waals surface area contributed by atoms with Crippen molar-refractivity contribution < 1.29 is 37.1 Å². The number of alkyl halides is 3. The van der Waals surface area contributed by atoms with Crippen LogP contribution in [0.3, 0.4) is 0 Å². The molecular weight excluding hydrogens is 482 g/mol. The van der Waals surface area contributed by atoms with E-state index in [9.17, 15) is 31.9 Å². The Morgan fingerprint density at radius 1 is 1.21 bits per heavy atom. The number of carboxylic acids is 1. The molecule has 12 heteroatoms. The highest BCUT2D eigenvalue weighted by Gasteiger charge is 2.36. The maximum absolute atomic E-state index is 14.6. The molecule has 0 aliphatic heterocycles. The quantitative estimate of drug-likeness (QED) is 0.200. The van der Waals surface area contributed by atoms with Gasteiger partial charge in [-0.15, -0.1) is 0 Å². The Morgan fingerprint density at radius 3 is 2.44 bits per heavy atom. The van der Waals surface area contributed by atoms with Crippen LogP contribution in [0.2, 0.25) is 5.02 Å². The molecule has 1 amide bonds. The van der Waals surface area contributed by atoms with E-state index in [1.807, 2.05) is 0 Å². The first-order chi connectivity index (χ1) is 15.9. The minimum absolute atomic E-state index is 0.0301. The number of halogens is 5. The lowest BCUT2D eigenvalue weighted by Crippen LogP contribution is -2.32. The van der Waals surface area contributed by atoms with Crippen LogP contribution in [0, 0.1) is 17.1 Å². The molecule has 1 unspecified atom stereocenters. The molecule has 0 fully saturated rings. The van der Waals surface area contributed by atoms with E-state index in [0.29, 0.717) is 12.4 Å². The van der Waals surface area contributed by atoms with Crippen LogP contribution in [0.4, 0.5) is 23.2 Å². The van der Waals surface area contributed by atoms with E-state index in [1.54, 1.807) is 0 Å². The monoisotopic (exact) mass is 501 g/mol. The van der Waals surface area contributed by atoms with Crippen molar-refractivity contribution in [3.8, 4) is 0 Å². The highest BCUT2D eigenvalue weighted by molar-refractivity contribution is 6.34. The molecule has 0 aliphatic rings. The summed E-state index contributed by atoms with van der Waals surface area (Å²) in [6.07, 6.45) is -4.69. The minimum Gasteiger partial charge on any atom is -0.481 e. The van der Waals surface area contributed by atoms with Gasteiger partial charge in [0, 0.05) is 20.0 Å². The number of amides is 1. The SMILES string of the molecule is CN(CCC(CC=O)C(=O)O)C(=N)c1c(F)cccc1NC(=O)c1c(Cl)cccc1C(F)(F)F. The van der Waals surface area contributed by atoms with Crippen molar-refractivity contribution in [3.05, 3.63) is 63.9 Å². The zero-order valence-electron chi connectivity index (χ0n) is 17.7. The lowest BCUT2D eigenvalue weighted by atomic mass is 10.0. The first kappa shape index (κ1) is 26.8. The highest BCUT2D eigenvalue weighted by atomic mass is 35.5. The summed E-state index contributed by atoms with van der Waals surface area (Å²) in [5.74, 6) is -4.86. The summed E-state index contributed by atoms with van der Waals surface area (Å²) < 4.78 is 54.7. The number of rotatable bonds is 9. The lowest BCUT2D eigenvalue weighted by molar-refractivity contribution is -0.143. The molecule has 0 saturated carbocycles. The Balaban J connectivity index is 2.34. The van der Waals surface area contributed by atoms with Gasteiger partial charge in [-0.2, -0.15) is 13.2 Å². The number of nitrogens with zero attached hydrogens (tertiary/aromatic N) is 1. The normalized spacial score (nSPS) is 12.1. The summed E-state index contributed by atoms with van der Waals surface area (Å²) in [7, 11) is 1.37. The van der Waals surface area contributed by atoms with Crippen LogP contribution >= 0.6 is 11.6 Å². The van der Waals surface area contributed by atoms with Crippen molar-refractivity contribution in [1.82, 2.24) is 4.90 Å². The van der Waals surface area contributed by atoms with Crippen LogP contribution in [0.1, 0.15) is 34.3 Å². The molecule has 0 radical (unpaired) electrons. The van der Waals surface area contributed by atoms with Crippen LogP contribution < -0.4 is 5.32 Å². The Labute approximate surface area is 196 Å². The number of benzene rings is 2. The average molecular weight is 502 g/mol. The van der Waals surface area contributed by atoms with Crippen molar-refractivity contribution in [2.75, 3.05) is 18.9 Å². The van der Waals surface area contributed by atoms with Gasteiger partial charge in [0.2, 0.25) is 0 Å². The Bertz CT molecular complexity index is 1110. The first-order valence-corrected chi connectivity index (χ1v) is 10.2. The van der Waals surface area contributed by atoms with E-state index < -0.39 is 57.3 Å². The van der Waals surface area contributed by atoms with Gasteiger partial charge in [-0.25, -0.2) is 4.39 Å². The van der Waals surface area contributed by atoms with Gasteiger partial charge in [0.25, 0.3) is 5.91 Å². The molecule has 2 aromatic carbocycles. The van der Waals surface area contributed by atoms with E-state index in [0.717, 1.165) is 18.2 Å². The summed E-state index contributed by atoms with van der Waals surface area (Å²) in [6, 6.07) is 6.22. The molecule has 1 atom stereocenters. The Hall–Kier alpha value is -3.47. The first-order valence-electron chi connectivity index (χ1n) is 9.80. The van der Waals surface area contributed by atoms with Gasteiger partial charge in [0.1, 0.15) is 17.9 Å². The number of carboxylic acid groups (broad SMARTS) is 1. The number of anilines is 1. The number of nitrogens with one attached hydrogen (secondary N) is 2. The summed E-state index contributed by atoms with van der Waals surface area (Å²) in [5.41, 5.74) is -2.83. The number of amidine groups is 1. The standard InChI is InChI=1S/C22H20ClF4N3O4/c1-30(10-8-12(9-11-31)21(33)34)19(28)18-15(24)6-3-7-16(18)29-20(32)17-13(22(25,26)27)4-2-5-14(17)23/h2-7,11-12,28H,8-10H2,1H3,(H,29,32)(H,33,34). The second-order valence-electron chi connectivity index (χ2n) is 7.27. The van der Waals surface area contributed by atoms with Crippen LogP contribution in [-0.2, 0) is 15.8 Å². The molecule has 0 aromatic heterocycles. The minimum atomic E-state index is -4.88. The van der Waals surface area contributed by atoms with Crippen LogP contribution in [-0.4, -0.2) is 47.6 Å². The van der Waals surface area contributed by atoms with Gasteiger partial charge in [-0.05, 0) is 30.7 Å². The fourth-order valence-electron chi connectivity index (χ4n) is 3.16. The van der Waals surface area contributed by atoms with Crippen molar-refractivity contribution in [2.45, 2.75) is 19.0 Å². The number of aldehydes is 1. The second kappa shape index (κ2) is 11.1. The summed E-state index contributed by atoms with van der Waals surface area (Å²) >= 11 is 5.84. The van der Waals surface area contributed by atoms with Crippen molar-refractivity contribution in [2.24, 2.45) is 5.92 Å². The largest absolute Gasteiger partial charge is 0.481 e. The molecule has 3 N–H and O–H groups in total. The van der Waals surface area contributed by atoms with E-state index in [1.165, 1.54) is 24.1 Å². The lowest BCUT2D eigenvalue weighted by Gasteiger charge is -2.24. The van der Waals surface area contributed by atoms with Gasteiger partial charge in [0.15, 0.2) is 0 Å². The smallest absolute Gasteiger partial charge is 0.417 e. The molecule has 7 nitrogen and oxygen atoms in total. The third-order valence-electron chi connectivity index (χ3n) is 4.97. The molecular formula is C22H20ClF4N3O4. The van der Waals surface area contributed by atoms with Gasteiger partial charge >= 0.3 is 12.1 Å². The zero-order valence-corrected chi connectivity index (χ0v) is 18.5. The van der Waals surface area contributed by atoms with Crippen molar-refractivity contribution in [1.29, 1.82) is 5.41 Å². The molecule has 2 aromatic rings. The predicted molar refractivity (Wildman–Crippen MR) is 117 cm³/mol. The van der Waals surface area contributed by atoms with E-state index >= 15 is 0 Å². The van der Waals surface area contributed by atoms with Crippen LogP contribution in [0.15, 0.2) is 36.4 Å². The van der Waals surface area contributed by atoms with E-state index in [2.05, 4.69) is 5.32 Å². The number of aliphatic carboxylic acids is 1. The number of hydrogen-bond acceptors (Lipinski definition) is 4. The van der Waals surface area contributed by atoms with Crippen molar-refractivity contribution in [3.63, 3.8) is 0 Å². The summed E-state index contributed by atoms with van der Waals surface area (Å²) in [5, 5.41) is 19.2. The highest BCUT2D eigenvalue weighted by Crippen LogP contribution is 2.35.